The van der Waals surface area contributed by atoms with E-state index in [2.05, 4.69) is 0 Å². The second-order valence-electron chi connectivity index (χ2n) is 7.14. The van der Waals surface area contributed by atoms with Gasteiger partial charge in [0.05, 0.1) is 21.6 Å². The molecule has 0 amide bonds. The Hall–Kier alpha value is -2.80. The highest BCUT2D eigenvalue weighted by Gasteiger charge is 2.38. The van der Waals surface area contributed by atoms with Crippen LogP contribution >= 0.6 is 11.6 Å². The number of aromatic nitrogens is 2. The number of aliphatic carboxylic acids is 1. The molecule has 2 heterocycles. The highest BCUT2D eigenvalue weighted by molar-refractivity contribution is 6.38. The lowest BCUT2D eigenvalue weighted by Crippen LogP contribution is -2.45. The summed E-state index contributed by atoms with van der Waals surface area (Å²) in [6.45, 7) is 4.54. The quantitative estimate of drug-likeness (QED) is 0.447. The second-order valence-corrected chi connectivity index (χ2v) is 7.51. The maximum atomic E-state index is 14.7. The van der Waals surface area contributed by atoms with Crippen molar-refractivity contribution in [1.82, 2.24) is 9.24 Å². The Bertz CT molecular complexity index is 1130. The fraction of sp³-hybridized carbons (Fsp3) is 0.471. The zero-order chi connectivity index (χ0) is 23.8. The SMILES string of the molecule is CC(C)n1c(=O)n(N)c(=O)c2cc(F)c(N3CC[C@@H](N)C3)c(Cl)c21.O=C(O)C(F)(F)F. The van der Waals surface area contributed by atoms with Crippen molar-refractivity contribution in [3.63, 3.8) is 0 Å². The van der Waals surface area contributed by atoms with Crippen molar-refractivity contribution < 1.29 is 27.5 Å². The molecule has 0 radical (unpaired) electrons. The minimum Gasteiger partial charge on any atom is -0.475 e. The first-order valence-electron chi connectivity index (χ1n) is 8.93. The van der Waals surface area contributed by atoms with Crippen LogP contribution < -0.4 is 27.7 Å². The van der Waals surface area contributed by atoms with Crippen molar-refractivity contribution in [2.24, 2.45) is 5.73 Å². The van der Waals surface area contributed by atoms with Gasteiger partial charge < -0.3 is 21.6 Å². The van der Waals surface area contributed by atoms with Gasteiger partial charge >= 0.3 is 17.8 Å². The molecule has 0 saturated carbocycles. The molecule has 1 aliphatic heterocycles. The molecular weight excluding hydrogens is 450 g/mol. The van der Waals surface area contributed by atoms with E-state index >= 15 is 0 Å². The average Bonchev–Trinajstić information content (AvgIpc) is 3.06. The number of benzene rings is 1. The van der Waals surface area contributed by atoms with Crippen LogP contribution in [0, 0.1) is 5.82 Å². The number of alkyl halides is 3. The molecule has 172 valence electrons. The van der Waals surface area contributed by atoms with E-state index < -0.39 is 29.2 Å². The number of carbonyl (C=O) groups is 1. The van der Waals surface area contributed by atoms with Crippen molar-refractivity contribution in [3.8, 4) is 0 Å². The molecule has 0 aliphatic carbocycles. The van der Waals surface area contributed by atoms with Gasteiger partial charge in [0.1, 0.15) is 5.82 Å². The topological polar surface area (TPSA) is 137 Å². The lowest BCUT2D eigenvalue weighted by molar-refractivity contribution is -0.192. The molecule has 1 aromatic carbocycles. The van der Waals surface area contributed by atoms with Gasteiger partial charge in [-0.05, 0) is 26.3 Å². The molecule has 9 nitrogen and oxygen atoms in total. The summed E-state index contributed by atoms with van der Waals surface area (Å²) in [7, 11) is 0. The first-order chi connectivity index (χ1) is 14.2. The zero-order valence-electron chi connectivity index (χ0n) is 16.4. The Kier molecular flexibility index (Phi) is 6.90. The van der Waals surface area contributed by atoms with Crippen molar-refractivity contribution >= 4 is 34.2 Å². The molecule has 3 rings (SSSR count). The molecule has 1 atom stereocenters. The number of carboxylic acids is 1. The molecule has 5 N–H and O–H groups in total. The van der Waals surface area contributed by atoms with Crippen LogP contribution in [0.3, 0.4) is 0 Å². The number of halogens is 5. The summed E-state index contributed by atoms with van der Waals surface area (Å²) in [5, 5.41) is 7.13. The third kappa shape index (κ3) is 4.77. The van der Waals surface area contributed by atoms with Crippen molar-refractivity contribution in [1.29, 1.82) is 0 Å². The van der Waals surface area contributed by atoms with E-state index in [0.717, 1.165) is 12.5 Å². The summed E-state index contributed by atoms with van der Waals surface area (Å²) in [6.07, 6.45) is -4.37. The van der Waals surface area contributed by atoms with Gasteiger partial charge in [0.2, 0.25) is 0 Å². The van der Waals surface area contributed by atoms with Crippen LogP contribution in [-0.2, 0) is 4.79 Å². The first kappa shape index (κ1) is 24.5. The third-order valence-electron chi connectivity index (χ3n) is 4.57. The minimum atomic E-state index is -5.08. The van der Waals surface area contributed by atoms with E-state index in [-0.39, 0.29) is 33.7 Å². The van der Waals surface area contributed by atoms with Crippen molar-refractivity contribution in [2.75, 3.05) is 23.8 Å². The Morgan fingerprint density at radius 1 is 1.32 bits per heavy atom. The number of nitrogens with two attached hydrogens (primary N) is 2. The second kappa shape index (κ2) is 8.75. The van der Waals surface area contributed by atoms with Gasteiger partial charge in [-0.2, -0.15) is 17.8 Å². The van der Waals surface area contributed by atoms with E-state index in [1.54, 1.807) is 18.7 Å². The van der Waals surface area contributed by atoms with Gasteiger partial charge in [0.15, 0.2) is 0 Å². The summed E-state index contributed by atoms with van der Waals surface area (Å²) in [6, 6.07) is 0.706. The van der Waals surface area contributed by atoms with E-state index in [0.29, 0.717) is 17.8 Å². The predicted molar refractivity (Wildman–Crippen MR) is 106 cm³/mol. The minimum absolute atomic E-state index is 0.0273. The number of anilines is 1. The Morgan fingerprint density at radius 2 is 1.87 bits per heavy atom. The fourth-order valence-electron chi connectivity index (χ4n) is 3.18. The maximum Gasteiger partial charge on any atom is 0.490 e. The average molecular weight is 470 g/mol. The van der Waals surface area contributed by atoms with Gasteiger partial charge in [0.25, 0.3) is 5.56 Å². The molecule has 1 saturated heterocycles. The van der Waals surface area contributed by atoms with Crippen LogP contribution in [0.25, 0.3) is 10.9 Å². The summed E-state index contributed by atoms with van der Waals surface area (Å²) in [5.41, 5.74) is 4.78. The molecule has 2 aromatic rings. The largest absolute Gasteiger partial charge is 0.490 e. The number of nitrogens with zero attached hydrogens (tertiary/aromatic N) is 3. The molecule has 0 bridgehead atoms. The molecule has 1 aromatic heterocycles. The standard InChI is InChI=1S/C15H19ClFN5O2.C2HF3O2/c1-7(2)21-12-9(14(23)22(19)15(21)24)5-10(17)13(11(12)16)20-4-3-8(18)6-20;3-2(4,5)1(6)7/h5,7-8H,3-4,6,18-19H2,1-2H3;(H,6,7)/t8-;/m1./s1. The van der Waals surface area contributed by atoms with Crippen LogP contribution in [0.4, 0.5) is 23.2 Å². The zero-order valence-corrected chi connectivity index (χ0v) is 17.2. The third-order valence-corrected chi connectivity index (χ3v) is 4.93. The molecule has 14 heteroatoms. The number of rotatable bonds is 2. The Labute approximate surface area is 177 Å². The Morgan fingerprint density at radius 3 is 2.29 bits per heavy atom. The van der Waals surface area contributed by atoms with E-state index in [1.165, 1.54) is 4.57 Å². The molecule has 1 aliphatic rings. The summed E-state index contributed by atoms with van der Waals surface area (Å²) in [4.78, 5) is 35.3. The highest BCUT2D eigenvalue weighted by atomic mass is 35.5. The van der Waals surface area contributed by atoms with Gasteiger partial charge in [-0.15, -0.1) is 0 Å². The Balaban J connectivity index is 0.000000423. The monoisotopic (exact) mass is 469 g/mol. The van der Waals surface area contributed by atoms with Crippen molar-refractivity contribution in [2.45, 2.75) is 38.5 Å². The smallest absolute Gasteiger partial charge is 0.475 e. The van der Waals surface area contributed by atoms with E-state index in [4.69, 9.17) is 33.1 Å². The van der Waals surface area contributed by atoms with Crippen LogP contribution in [-0.4, -0.2) is 45.6 Å². The van der Waals surface area contributed by atoms with E-state index in [1.807, 2.05) is 0 Å². The summed E-state index contributed by atoms with van der Waals surface area (Å²) < 4.78 is 48.2. The number of nitrogen functional groups attached to an aromatic ring is 1. The van der Waals surface area contributed by atoms with Gasteiger partial charge in [-0.1, -0.05) is 11.6 Å². The maximum absolute atomic E-state index is 14.7. The first-order valence-corrected chi connectivity index (χ1v) is 9.31. The predicted octanol–water partition coefficient (Wildman–Crippen LogP) is 1.42. The van der Waals surface area contributed by atoms with Crippen molar-refractivity contribution in [3.05, 3.63) is 37.7 Å². The summed E-state index contributed by atoms with van der Waals surface area (Å²) >= 11 is 6.45. The van der Waals surface area contributed by atoms with Crippen LogP contribution in [0.2, 0.25) is 5.02 Å². The summed E-state index contributed by atoms with van der Waals surface area (Å²) in [5.74, 6) is 2.15. The fourth-order valence-corrected chi connectivity index (χ4v) is 3.59. The highest BCUT2D eigenvalue weighted by Crippen LogP contribution is 2.36. The normalized spacial score (nSPS) is 16.5. The molecule has 0 unspecified atom stereocenters. The molecule has 0 spiro atoms. The number of fused-ring (bicyclic) bond motifs is 1. The van der Waals surface area contributed by atoms with Crippen LogP contribution in [0.5, 0.6) is 0 Å². The molecule has 1 fully saturated rings. The van der Waals surface area contributed by atoms with Gasteiger partial charge in [0, 0.05) is 25.2 Å². The van der Waals surface area contributed by atoms with Gasteiger partial charge in [-0.25, -0.2) is 14.0 Å². The molecular formula is C17H20ClF4N5O4. The number of hydrogen-bond donors (Lipinski definition) is 3. The number of hydrogen-bond acceptors (Lipinski definition) is 6. The number of carboxylic acid groups (broad SMARTS) is 1. The molecule has 31 heavy (non-hydrogen) atoms. The van der Waals surface area contributed by atoms with Gasteiger partial charge in [-0.3, -0.25) is 9.36 Å². The van der Waals surface area contributed by atoms with E-state index in [9.17, 15) is 27.2 Å². The lowest BCUT2D eigenvalue weighted by atomic mass is 10.1. The van der Waals surface area contributed by atoms with Crippen LogP contribution in [0.1, 0.15) is 26.3 Å². The van der Waals surface area contributed by atoms with Crippen LogP contribution in [0.15, 0.2) is 15.7 Å². The lowest BCUT2D eigenvalue weighted by Gasteiger charge is -2.23.